The van der Waals surface area contributed by atoms with E-state index in [1.54, 1.807) is 16.7 Å². The van der Waals surface area contributed by atoms with Crippen molar-refractivity contribution in [1.29, 1.82) is 0 Å². The van der Waals surface area contributed by atoms with E-state index in [1.807, 2.05) is 56.6 Å². The Morgan fingerprint density at radius 2 is 1.95 bits per heavy atom. The van der Waals surface area contributed by atoms with Crippen LogP contribution in [0.4, 0.5) is 13.6 Å². The van der Waals surface area contributed by atoms with Crippen LogP contribution in [-0.2, 0) is 22.3 Å². The molecule has 2 amide bonds. The number of amides is 2. The highest BCUT2D eigenvalue weighted by Crippen LogP contribution is 2.70. The van der Waals surface area contributed by atoms with Gasteiger partial charge in [-0.2, -0.15) is 5.10 Å². The van der Waals surface area contributed by atoms with Gasteiger partial charge in [0.1, 0.15) is 17.5 Å². The highest BCUT2D eigenvalue weighted by Gasteiger charge is 2.78. The van der Waals surface area contributed by atoms with Crippen LogP contribution in [0.5, 0.6) is 0 Å². The molecule has 4 atom stereocenters. The van der Waals surface area contributed by atoms with Gasteiger partial charge in [-0.15, -0.1) is 0 Å². The maximum absolute atomic E-state index is 14.9. The maximum Gasteiger partial charge on any atom is 0.410 e. The number of ether oxygens (including phenoxy) is 2. The molecule has 2 aliphatic heterocycles. The Morgan fingerprint density at radius 3 is 2.66 bits per heavy atom. The lowest BCUT2D eigenvalue weighted by atomic mass is 9.87. The van der Waals surface area contributed by atoms with Crippen molar-refractivity contribution < 1.29 is 27.8 Å². The first-order chi connectivity index (χ1) is 20.8. The number of aromatic amines is 1. The molecule has 4 heterocycles. The van der Waals surface area contributed by atoms with Crippen molar-refractivity contribution in [1.82, 2.24) is 24.6 Å². The van der Waals surface area contributed by atoms with Gasteiger partial charge in [0.25, 0.3) is 11.8 Å². The van der Waals surface area contributed by atoms with Crippen LogP contribution in [0.1, 0.15) is 81.7 Å². The van der Waals surface area contributed by atoms with E-state index in [2.05, 4.69) is 4.98 Å². The van der Waals surface area contributed by atoms with Gasteiger partial charge in [0.05, 0.1) is 5.69 Å². The number of carbonyl (C=O) groups excluding carboxylic acids is 2. The standard InChI is InChI=1S/C33H41F2N5O4/c1-19-18-38(11-12-39(19)30(42)44-31(2,3)4)29(41)21-10-9-20-14-24(36-23(20)15-21)28-22-16-26-32(5,33(26,34)35)17-25(22)40(37-28)27-8-6-7-13-43-27/h9-10,14-15,19,26-27,36H,6-8,11-13,16-18H2,1-5H3/t19-,26-,27?,32+/m0/s1. The van der Waals surface area contributed by atoms with Crippen LogP contribution in [0.15, 0.2) is 24.3 Å². The number of H-pyrrole nitrogens is 1. The van der Waals surface area contributed by atoms with Crippen LogP contribution in [0, 0.1) is 11.3 Å². The van der Waals surface area contributed by atoms with Crippen molar-refractivity contribution in [2.45, 2.75) is 90.5 Å². The second-order valence-corrected chi connectivity index (χ2v) is 14.3. The molecule has 1 unspecified atom stereocenters. The molecule has 236 valence electrons. The van der Waals surface area contributed by atoms with E-state index >= 15 is 0 Å². The molecule has 11 heteroatoms. The Labute approximate surface area is 255 Å². The first-order valence-electron chi connectivity index (χ1n) is 15.8. The average Bonchev–Trinajstić information content (AvgIpc) is 3.33. The Balaban J connectivity index is 1.14. The van der Waals surface area contributed by atoms with Gasteiger partial charge in [-0.25, -0.2) is 18.3 Å². The number of fused-ring (bicyclic) bond motifs is 3. The monoisotopic (exact) mass is 609 g/mol. The minimum Gasteiger partial charge on any atom is -0.444 e. The summed E-state index contributed by atoms with van der Waals surface area (Å²) in [5, 5.41) is 5.91. The molecule has 1 saturated carbocycles. The van der Waals surface area contributed by atoms with Crippen LogP contribution < -0.4 is 0 Å². The van der Waals surface area contributed by atoms with Crippen molar-refractivity contribution >= 4 is 22.9 Å². The van der Waals surface area contributed by atoms with Crippen molar-refractivity contribution in [2.75, 3.05) is 26.2 Å². The first-order valence-corrected chi connectivity index (χ1v) is 15.8. The zero-order valence-electron chi connectivity index (χ0n) is 26.1. The van der Waals surface area contributed by atoms with Crippen LogP contribution in [0.3, 0.4) is 0 Å². The minimum atomic E-state index is -2.69. The molecule has 9 nitrogen and oxygen atoms in total. The smallest absolute Gasteiger partial charge is 0.410 e. The SMILES string of the molecule is C[C@H]1CN(C(=O)c2ccc3cc(-c4nn(C5CCCCO5)c5c4C[C@@H]4C(F)(F)[C@]4(C)C5)[nH]c3c2)CCN1C(=O)OC(C)(C)C. The molecule has 3 fully saturated rings. The number of nitrogens with one attached hydrogen (secondary N) is 1. The molecule has 7 rings (SSSR count). The Kier molecular flexibility index (Phi) is 6.66. The van der Waals surface area contributed by atoms with Gasteiger partial charge >= 0.3 is 6.09 Å². The lowest BCUT2D eigenvalue weighted by Crippen LogP contribution is -2.56. The van der Waals surface area contributed by atoms with E-state index in [0.29, 0.717) is 37.5 Å². The Bertz CT molecular complexity index is 1630. The number of alkyl halides is 2. The second kappa shape index (κ2) is 10.0. The second-order valence-electron chi connectivity index (χ2n) is 14.3. The number of nitrogens with zero attached hydrogens (tertiary/aromatic N) is 4. The molecule has 2 saturated heterocycles. The molecular formula is C33H41F2N5O4. The number of piperazine rings is 1. The quantitative estimate of drug-likeness (QED) is 0.383. The van der Waals surface area contributed by atoms with Gasteiger partial charge in [0, 0.05) is 77.8 Å². The third-order valence-corrected chi connectivity index (χ3v) is 10.0. The Morgan fingerprint density at radius 1 is 1.16 bits per heavy atom. The van der Waals surface area contributed by atoms with Gasteiger partial charge in [0.15, 0.2) is 0 Å². The molecular weight excluding hydrogens is 568 g/mol. The molecule has 2 aliphatic carbocycles. The third-order valence-electron chi connectivity index (χ3n) is 10.0. The van der Waals surface area contributed by atoms with Gasteiger partial charge in [-0.1, -0.05) is 13.0 Å². The van der Waals surface area contributed by atoms with Gasteiger partial charge in [-0.3, -0.25) is 4.79 Å². The summed E-state index contributed by atoms with van der Waals surface area (Å²) in [5.41, 5.74) is 2.88. The third kappa shape index (κ3) is 4.69. The number of rotatable bonds is 3. The minimum absolute atomic E-state index is 0.106. The van der Waals surface area contributed by atoms with E-state index < -0.39 is 22.9 Å². The molecule has 1 aromatic carbocycles. The van der Waals surface area contributed by atoms with E-state index in [0.717, 1.165) is 47.1 Å². The summed E-state index contributed by atoms with van der Waals surface area (Å²) in [6.45, 7) is 11.0. The number of hydrogen-bond donors (Lipinski definition) is 1. The summed E-state index contributed by atoms with van der Waals surface area (Å²) in [7, 11) is 0. The summed E-state index contributed by atoms with van der Waals surface area (Å²) in [5.74, 6) is -3.48. The summed E-state index contributed by atoms with van der Waals surface area (Å²) < 4.78 is 43.3. The number of hydrogen-bond acceptors (Lipinski definition) is 5. The maximum atomic E-state index is 14.9. The summed E-state index contributed by atoms with van der Waals surface area (Å²) in [6.07, 6.45) is 2.78. The largest absolute Gasteiger partial charge is 0.444 e. The van der Waals surface area contributed by atoms with Crippen LogP contribution in [0.25, 0.3) is 22.3 Å². The molecule has 4 aliphatic rings. The lowest BCUT2D eigenvalue weighted by molar-refractivity contribution is -0.0418. The van der Waals surface area contributed by atoms with Gasteiger partial charge in [-0.05, 0) is 71.6 Å². The van der Waals surface area contributed by atoms with Crippen molar-refractivity contribution in [3.63, 3.8) is 0 Å². The van der Waals surface area contributed by atoms with E-state index in [-0.39, 0.29) is 37.1 Å². The zero-order chi connectivity index (χ0) is 31.2. The van der Waals surface area contributed by atoms with Crippen molar-refractivity contribution in [2.24, 2.45) is 11.3 Å². The molecule has 0 spiro atoms. The van der Waals surface area contributed by atoms with Crippen molar-refractivity contribution in [3.8, 4) is 11.4 Å². The van der Waals surface area contributed by atoms with Crippen LogP contribution in [-0.4, -0.2) is 80.4 Å². The average molecular weight is 610 g/mol. The van der Waals surface area contributed by atoms with E-state index in [4.69, 9.17) is 14.6 Å². The predicted octanol–water partition coefficient (Wildman–Crippen LogP) is 6.18. The normalized spacial score (nSPS) is 28.0. The van der Waals surface area contributed by atoms with Gasteiger partial charge in [0.2, 0.25) is 0 Å². The molecule has 3 aromatic rings. The molecule has 0 radical (unpaired) electrons. The van der Waals surface area contributed by atoms with E-state index in [9.17, 15) is 18.4 Å². The summed E-state index contributed by atoms with van der Waals surface area (Å²) in [4.78, 5) is 33.1. The van der Waals surface area contributed by atoms with Crippen molar-refractivity contribution in [3.05, 3.63) is 41.1 Å². The molecule has 2 aromatic heterocycles. The lowest BCUT2D eigenvalue weighted by Gasteiger charge is -2.40. The van der Waals surface area contributed by atoms with E-state index in [1.165, 1.54) is 0 Å². The van der Waals surface area contributed by atoms with Gasteiger partial charge < -0.3 is 24.3 Å². The predicted molar refractivity (Wildman–Crippen MR) is 161 cm³/mol. The topological polar surface area (TPSA) is 92.7 Å². The fourth-order valence-electron chi connectivity index (χ4n) is 7.40. The molecule has 1 N–H and O–H groups in total. The fourth-order valence-corrected chi connectivity index (χ4v) is 7.40. The Hall–Kier alpha value is -3.47. The number of aromatic nitrogens is 3. The highest BCUT2D eigenvalue weighted by molar-refractivity contribution is 5.99. The summed E-state index contributed by atoms with van der Waals surface area (Å²) >= 11 is 0. The molecule has 44 heavy (non-hydrogen) atoms. The molecule has 0 bridgehead atoms. The van der Waals surface area contributed by atoms with Crippen LogP contribution >= 0.6 is 0 Å². The highest BCUT2D eigenvalue weighted by atomic mass is 19.3. The number of halogens is 2. The first kappa shape index (κ1) is 29.3. The zero-order valence-corrected chi connectivity index (χ0v) is 26.1. The number of benzene rings is 1. The van der Waals surface area contributed by atoms with Crippen LogP contribution in [0.2, 0.25) is 0 Å². The summed E-state index contributed by atoms with van der Waals surface area (Å²) in [6, 6.07) is 7.36. The fraction of sp³-hybridized carbons (Fsp3) is 0.606. The number of carbonyl (C=O) groups is 2.